The lowest BCUT2D eigenvalue weighted by molar-refractivity contribution is 0.349. The van der Waals surface area contributed by atoms with Crippen LogP contribution in [-0.4, -0.2) is 17.6 Å². The fraction of sp³-hybridized carbons (Fsp3) is 0.421. The van der Waals surface area contributed by atoms with Crippen molar-refractivity contribution in [2.45, 2.75) is 39.2 Å². The van der Waals surface area contributed by atoms with Gasteiger partial charge >= 0.3 is 0 Å². The highest BCUT2D eigenvalue weighted by Crippen LogP contribution is 2.22. The van der Waals surface area contributed by atoms with Crippen molar-refractivity contribution >= 4 is 10.9 Å². The predicted molar refractivity (Wildman–Crippen MR) is 91.5 cm³/mol. The SMILES string of the molecule is C=CC1CCC(Cc2ccnc3ccccc23)NC1.CC. The third-order valence-corrected chi connectivity index (χ3v) is 4.09. The van der Waals surface area contributed by atoms with Crippen LogP contribution in [0.25, 0.3) is 10.9 Å². The smallest absolute Gasteiger partial charge is 0.0704 e. The summed E-state index contributed by atoms with van der Waals surface area (Å²) in [6.07, 6.45) is 7.57. The molecule has 0 saturated carbocycles. The van der Waals surface area contributed by atoms with Gasteiger partial charge in [0.15, 0.2) is 0 Å². The Labute approximate surface area is 128 Å². The maximum absolute atomic E-state index is 4.43. The van der Waals surface area contributed by atoms with Crippen molar-refractivity contribution in [3.63, 3.8) is 0 Å². The highest BCUT2D eigenvalue weighted by molar-refractivity contribution is 5.81. The zero-order chi connectivity index (χ0) is 15.1. The van der Waals surface area contributed by atoms with Crippen LogP contribution in [0, 0.1) is 5.92 Å². The molecule has 112 valence electrons. The number of aromatic nitrogens is 1. The predicted octanol–water partition coefficient (Wildman–Crippen LogP) is 4.36. The molecule has 1 aromatic heterocycles. The maximum atomic E-state index is 4.43. The zero-order valence-electron chi connectivity index (χ0n) is 13.2. The van der Waals surface area contributed by atoms with E-state index in [1.54, 1.807) is 0 Å². The normalized spacial score (nSPS) is 21.4. The molecule has 21 heavy (non-hydrogen) atoms. The maximum Gasteiger partial charge on any atom is 0.0704 e. The van der Waals surface area contributed by atoms with Crippen LogP contribution in [0.2, 0.25) is 0 Å². The molecule has 1 saturated heterocycles. The molecule has 1 aromatic carbocycles. The lowest BCUT2D eigenvalue weighted by Crippen LogP contribution is -2.39. The zero-order valence-corrected chi connectivity index (χ0v) is 13.2. The summed E-state index contributed by atoms with van der Waals surface area (Å²) in [4.78, 5) is 4.43. The topological polar surface area (TPSA) is 24.9 Å². The van der Waals surface area contributed by atoms with Gasteiger partial charge < -0.3 is 5.32 Å². The molecule has 0 radical (unpaired) electrons. The molecule has 1 N–H and O–H groups in total. The van der Waals surface area contributed by atoms with Crippen molar-refractivity contribution in [3.8, 4) is 0 Å². The number of fused-ring (bicyclic) bond motifs is 1. The molecular formula is C19H26N2. The van der Waals surface area contributed by atoms with E-state index in [0.717, 1.165) is 18.5 Å². The van der Waals surface area contributed by atoms with E-state index in [4.69, 9.17) is 0 Å². The Hall–Kier alpha value is -1.67. The monoisotopic (exact) mass is 282 g/mol. The second-order valence-electron chi connectivity index (χ2n) is 5.37. The van der Waals surface area contributed by atoms with Crippen molar-refractivity contribution in [2.24, 2.45) is 5.92 Å². The van der Waals surface area contributed by atoms with Crippen molar-refractivity contribution in [2.75, 3.05) is 6.54 Å². The first kappa shape index (κ1) is 15.7. The van der Waals surface area contributed by atoms with Crippen LogP contribution in [-0.2, 0) is 6.42 Å². The third-order valence-electron chi connectivity index (χ3n) is 4.09. The summed E-state index contributed by atoms with van der Waals surface area (Å²) in [5.41, 5.74) is 2.50. The molecule has 2 unspecified atom stereocenters. The van der Waals surface area contributed by atoms with E-state index in [1.165, 1.54) is 23.8 Å². The molecule has 1 aliphatic heterocycles. The highest BCUT2D eigenvalue weighted by atomic mass is 14.9. The molecule has 2 aromatic rings. The largest absolute Gasteiger partial charge is 0.313 e. The molecule has 1 aliphatic rings. The summed E-state index contributed by atoms with van der Waals surface area (Å²) in [5, 5.41) is 4.93. The van der Waals surface area contributed by atoms with Crippen LogP contribution in [0.5, 0.6) is 0 Å². The summed E-state index contributed by atoms with van der Waals surface area (Å²) in [7, 11) is 0. The van der Waals surface area contributed by atoms with Crippen molar-refractivity contribution in [1.29, 1.82) is 0 Å². The van der Waals surface area contributed by atoms with Gasteiger partial charge in [-0.2, -0.15) is 0 Å². The number of hydrogen-bond donors (Lipinski definition) is 1. The molecule has 0 aliphatic carbocycles. The Morgan fingerprint density at radius 3 is 2.76 bits per heavy atom. The number of para-hydroxylation sites is 1. The molecule has 1 fully saturated rings. The molecule has 2 heteroatoms. The number of pyridine rings is 1. The summed E-state index contributed by atoms with van der Waals surface area (Å²) in [5.74, 6) is 0.644. The van der Waals surface area contributed by atoms with E-state index >= 15 is 0 Å². The van der Waals surface area contributed by atoms with E-state index in [1.807, 2.05) is 26.1 Å². The molecule has 2 heterocycles. The minimum atomic E-state index is 0.585. The summed E-state index contributed by atoms with van der Waals surface area (Å²) in [6.45, 7) is 8.95. The number of benzene rings is 1. The van der Waals surface area contributed by atoms with Crippen LogP contribution >= 0.6 is 0 Å². The van der Waals surface area contributed by atoms with E-state index in [-0.39, 0.29) is 0 Å². The Kier molecular flexibility index (Phi) is 5.94. The van der Waals surface area contributed by atoms with E-state index in [9.17, 15) is 0 Å². The van der Waals surface area contributed by atoms with Gasteiger partial charge in [0.25, 0.3) is 0 Å². The van der Waals surface area contributed by atoms with Gasteiger partial charge in [-0.05, 0) is 42.9 Å². The fourth-order valence-corrected chi connectivity index (χ4v) is 2.91. The molecule has 2 nitrogen and oxygen atoms in total. The Bertz CT molecular complexity index is 563. The first-order valence-electron chi connectivity index (χ1n) is 8.05. The molecule has 3 rings (SSSR count). The fourth-order valence-electron chi connectivity index (χ4n) is 2.91. The molecule has 0 bridgehead atoms. The first-order chi connectivity index (χ1) is 10.4. The van der Waals surface area contributed by atoms with Crippen LogP contribution in [0.1, 0.15) is 32.3 Å². The molecular weight excluding hydrogens is 256 g/mol. The minimum absolute atomic E-state index is 0.585. The Morgan fingerprint density at radius 2 is 2.05 bits per heavy atom. The van der Waals surface area contributed by atoms with Gasteiger partial charge in [-0.25, -0.2) is 0 Å². The van der Waals surface area contributed by atoms with Gasteiger partial charge in [0.2, 0.25) is 0 Å². The first-order valence-corrected chi connectivity index (χ1v) is 8.05. The lowest BCUT2D eigenvalue weighted by Gasteiger charge is -2.28. The van der Waals surface area contributed by atoms with Gasteiger partial charge in [-0.3, -0.25) is 4.98 Å². The van der Waals surface area contributed by atoms with Crippen molar-refractivity contribution < 1.29 is 0 Å². The van der Waals surface area contributed by atoms with E-state index in [0.29, 0.717) is 12.0 Å². The number of hydrogen-bond acceptors (Lipinski definition) is 2. The second kappa shape index (κ2) is 7.94. The van der Waals surface area contributed by atoms with Crippen molar-refractivity contribution in [3.05, 3.63) is 54.7 Å². The number of nitrogens with one attached hydrogen (secondary N) is 1. The van der Waals surface area contributed by atoms with Crippen LogP contribution in [0.4, 0.5) is 0 Å². The number of piperidine rings is 1. The molecule has 2 atom stereocenters. The van der Waals surface area contributed by atoms with Crippen molar-refractivity contribution in [1.82, 2.24) is 10.3 Å². The average Bonchev–Trinajstić information content (AvgIpc) is 2.58. The van der Waals surface area contributed by atoms with Gasteiger partial charge in [0, 0.05) is 24.2 Å². The van der Waals surface area contributed by atoms with Gasteiger partial charge in [0.05, 0.1) is 5.52 Å². The lowest BCUT2D eigenvalue weighted by atomic mass is 9.91. The minimum Gasteiger partial charge on any atom is -0.313 e. The van der Waals surface area contributed by atoms with E-state index < -0.39 is 0 Å². The Balaban J connectivity index is 0.000000774. The summed E-state index contributed by atoms with van der Waals surface area (Å²) in [6, 6.07) is 11.1. The van der Waals surface area contributed by atoms with Gasteiger partial charge in [-0.15, -0.1) is 6.58 Å². The molecule has 0 spiro atoms. The van der Waals surface area contributed by atoms with E-state index in [2.05, 4.69) is 47.2 Å². The van der Waals surface area contributed by atoms with Crippen LogP contribution in [0.3, 0.4) is 0 Å². The van der Waals surface area contributed by atoms with Crippen LogP contribution < -0.4 is 5.32 Å². The Morgan fingerprint density at radius 1 is 1.24 bits per heavy atom. The quantitative estimate of drug-likeness (QED) is 0.846. The van der Waals surface area contributed by atoms with Gasteiger partial charge in [-0.1, -0.05) is 38.1 Å². The number of nitrogens with zero attached hydrogens (tertiary/aromatic N) is 1. The summed E-state index contributed by atoms with van der Waals surface area (Å²) >= 11 is 0. The highest BCUT2D eigenvalue weighted by Gasteiger charge is 2.19. The molecule has 0 amide bonds. The van der Waals surface area contributed by atoms with Gasteiger partial charge in [0.1, 0.15) is 0 Å². The second-order valence-corrected chi connectivity index (χ2v) is 5.37. The standard InChI is InChI=1S/C17H20N2.C2H6/c1-2-13-7-8-15(19-12-13)11-14-9-10-18-17-6-4-3-5-16(14)17;1-2/h2-6,9-10,13,15,19H,1,7-8,11-12H2;1-2H3. The number of rotatable bonds is 3. The average molecular weight is 282 g/mol. The van der Waals surface area contributed by atoms with Crippen LogP contribution in [0.15, 0.2) is 49.2 Å². The summed E-state index contributed by atoms with van der Waals surface area (Å²) < 4.78 is 0. The third kappa shape index (κ3) is 3.92.